The van der Waals surface area contributed by atoms with Gasteiger partial charge in [0, 0.05) is 17.8 Å². The summed E-state index contributed by atoms with van der Waals surface area (Å²) in [5.41, 5.74) is 6.83. The lowest BCUT2D eigenvalue weighted by Crippen LogP contribution is -2.55. The maximum Gasteiger partial charge on any atom is 0.259 e. The molecule has 0 aliphatic carbocycles. The van der Waals surface area contributed by atoms with Crippen LogP contribution < -0.4 is 20.7 Å². The Labute approximate surface area is 167 Å². The highest BCUT2D eigenvalue weighted by molar-refractivity contribution is 6.04. The molecule has 1 heterocycles. The van der Waals surface area contributed by atoms with Crippen LogP contribution in [0.15, 0.2) is 48.5 Å². The molecule has 0 aromatic heterocycles. The van der Waals surface area contributed by atoms with Crippen LogP contribution in [-0.4, -0.2) is 55.2 Å². The van der Waals surface area contributed by atoms with Crippen LogP contribution in [0, 0.1) is 5.41 Å². The zero-order valence-corrected chi connectivity index (χ0v) is 15.8. The van der Waals surface area contributed by atoms with Crippen LogP contribution in [-0.2, 0) is 14.3 Å². The Hall–Kier alpha value is -3.43. The Balaban J connectivity index is 1.72. The number of benzene rings is 2. The van der Waals surface area contributed by atoms with Gasteiger partial charge < -0.3 is 30.5 Å². The second kappa shape index (κ2) is 8.72. The first-order chi connectivity index (χ1) is 13.9. The molecule has 0 radical (unpaired) electrons. The molecule has 9 heteroatoms. The lowest BCUT2D eigenvalue weighted by molar-refractivity contribution is -0.150. The van der Waals surface area contributed by atoms with Gasteiger partial charge in [0.25, 0.3) is 11.8 Å². The summed E-state index contributed by atoms with van der Waals surface area (Å²) in [6.45, 7) is 0.433. The molecule has 9 nitrogen and oxygen atoms in total. The van der Waals surface area contributed by atoms with E-state index in [-0.39, 0.29) is 19.0 Å². The molecule has 1 saturated heterocycles. The maximum absolute atomic E-state index is 12.9. The number of para-hydroxylation sites is 2. The van der Waals surface area contributed by atoms with E-state index in [1.165, 1.54) is 12.0 Å². The van der Waals surface area contributed by atoms with E-state index >= 15 is 0 Å². The third-order valence-electron chi connectivity index (χ3n) is 4.52. The van der Waals surface area contributed by atoms with Crippen molar-refractivity contribution in [2.45, 2.75) is 12.2 Å². The third kappa shape index (κ3) is 4.36. The van der Waals surface area contributed by atoms with Gasteiger partial charge >= 0.3 is 0 Å². The highest BCUT2D eigenvalue weighted by atomic mass is 16.5. The monoisotopic (exact) mass is 398 g/mol. The number of nitrogen functional groups attached to an aromatic ring is 1. The molecular formula is C20H22N4O5. The molecular weight excluding hydrogens is 376 g/mol. The summed E-state index contributed by atoms with van der Waals surface area (Å²) in [6.07, 6.45) is -3.04. The van der Waals surface area contributed by atoms with Gasteiger partial charge in [-0.1, -0.05) is 12.1 Å². The van der Waals surface area contributed by atoms with E-state index in [0.29, 0.717) is 22.7 Å². The number of morpholine rings is 1. The van der Waals surface area contributed by atoms with Crippen molar-refractivity contribution in [1.29, 1.82) is 5.41 Å². The molecule has 1 fully saturated rings. The summed E-state index contributed by atoms with van der Waals surface area (Å²) >= 11 is 0. The van der Waals surface area contributed by atoms with E-state index in [1.807, 2.05) is 0 Å². The summed E-state index contributed by atoms with van der Waals surface area (Å²) in [7, 11) is 1.50. The predicted octanol–water partition coefficient (Wildman–Crippen LogP) is 0.711. The summed E-state index contributed by atoms with van der Waals surface area (Å²) in [6, 6.07) is 13.2. The van der Waals surface area contributed by atoms with Crippen LogP contribution in [0.5, 0.6) is 5.75 Å². The first kappa shape index (κ1) is 20.3. The van der Waals surface area contributed by atoms with Crippen molar-refractivity contribution in [1.82, 2.24) is 0 Å². The normalized spacial score (nSPS) is 17.5. The number of hydrogen-bond donors (Lipinski definition) is 4. The molecule has 2 atom stereocenters. The second-order valence-corrected chi connectivity index (χ2v) is 6.38. The number of carbonyl (C=O) groups excluding carboxylic acids is 2. The molecule has 5 N–H and O–H groups in total. The number of amides is 2. The standard InChI is InChI=1S/C20H22N4O5/c1-28-15-5-3-2-4-14(15)24-10-11-29-17(20(24)27)16(25)19(26)23-13-8-6-12(7-9-13)18(21)22/h2-9,16-17,25H,10-11H2,1H3,(H3,21,22)(H,23,26)/t16-,17-/m1/s1. The highest BCUT2D eigenvalue weighted by Gasteiger charge is 2.40. The number of hydrogen-bond acceptors (Lipinski definition) is 6. The van der Waals surface area contributed by atoms with Crippen LogP contribution in [0.1, 0.15) is 5.56 Å². The fraction of sp³-hybridized carbons (Fsp3) is 0.250. The SMILES string of the molecule is COc1ccccc1N1CCO[C@H]([C@@H](O)C(=O)Nc2ccc(C(=N)N)cc2)C1=O. The van der Waals surface area contributed by atoms with Gasteiger partial charge in [0.15, 0.2) is 12.2 Å². The number of carbonyl (C=O) groups is 2. The first-order valence-corrected chi connectivity index (χ1v) is 8.91. The lowest BCUT2D eigenvalue weighted by atomic mass is 10.1. The van der Waals surface area contributed by atoms with Crippen molar-refractivity contribution in [2.24, 2.45) is 5.73 Å². The number of nitrogens with two attached hydrogens (primary N) is 1. The molecule has 0 bridgehead atoms. The van der Waals surface area contributed by atoms with Gasteiger partial charge in [-0.3, -0.25) is 15.0 Å². The maximum atomic E-state index is 12.9. The molecule has 2 aromatic rings. The summed E-state index contributed by atoms with van der Waals surface area (Å²) in [4.78, 5) is 26.8. The fourth-order valence-corrected chi connectivity index (χ4v) is 3.01. The van der Waals surface area contributed by atoms with E-state index < -0.39 is 24.0 Å². The van der Waals surface area contributed by atoms with Crippen LogP contribution in [0.3, 0.4) is 0 Å². The van der Waals surface area contributed by atoms with E-state index in [4.69, 9.17) is 20.6 Å². The number of anilines is 2. The number of amidine groups is 1. The first-order valence-electron chi connectivity index (χ1n) is 8.91. The molecule has 1 aliphatic heterocycles. The van der Waals surface area contributed by atoms with E-state index in [0.717, 1.165) is 0 Å². The molecule has 2 amide bonds. The molecule has 0 saturated carbocycles. The minimum atomic E-state index is -1.70. The summed E-state index contributed by atoms with van der Waals surface area (Å²) in [5, 5.41) is 20.3. The van der Waals surface area contributed by atoms with Crippen molar-refractivity contribution < 1.29 is 24.2 Å². The number of nitrogens with one attached hydrogen (secondary N) is 2. The fourth-order valence-electron chi connectivity index (χ4n) is 3.01. The van der Waals surface area contributed by atoms with Gasteiger partial charge in [-0.25, -0.2) is 0 Å². The van der Waals surface area contributed by atoms with Crippen molar-refractivity contribution in [2.75, 3.05) is 30.5 Å². The molecule has 3 rings (SSSR count). The van der Waals surface area contributed by atoms with Gasteiger partial charge in [-0.15, -0.1) is 0 Å². The van der Waals surface area contributed by atoms with Gasteiger partial charge in [-0.2, -0.15) is 0 Å². The summed E-state index contributed by atoms with van der Waals surface area (Å²) < 4.78 is 10.7. The van der Waals surface area contributed by atoms with E-state index in [2.05, 4.69) is 5.32 Å². The van der Waals surface area contributed by atoms with Crippen molar-refractivity contribution in [3.8, 4) is 5.75 Å². The average molecular weight is 398 g/mol. The minimum Gasteiger partial charge on any atom is -0.495 e. The molecule has 0 unspecified atom stereocenters. The quantitative estimate of drug-likeness (QED) is 0.418. The zero-order valence-electron chi connectivity index (χ0n) is 15.8. The Morgan fingerprint density at radius 1 is 1.31 bits per heavy atom. The topological polar surface area (TPSA) is 138 Å². The Kier molecular flexibility index (Phi) is 6.10. The smallest absolute Gasteiger partial charge is 0.259 e. The molecule has 29 heavy (non-hydrogen) atoms. The summed E-state index contributed by atoms with van der Waals surface area (Å²) in [5.74, 6) is -0.900. The van der Waals surface area contributed by atoms with Crippen LogP contribution in [0.25, 0.3) is 0 Å². The number of methoxy groups -OCH3 is 1. The van der Waals surface area contributed by atoms with Gasteiger partial charge in [-0.05, 0) is 36.4 Å². The molecule has 2 aromatic carbocycles. The minimum absolute atomic E-state index is 0.0967. The highest BCUT2D eigenvalue weighted by Crippen LogP contribution is 2.30. The second-order valence-electron chi connectivity index (χ2n) is 6.38. The average Bonchev–Trinajstić information content (AvgIpc) is 2.73. The Morgan fingerprint density at radius 3 is 2.66 bits per heavy atom. The van der Waals surface area contributed by atoms with Crippen LogP contribution in [0.4, 0.5) is 11.4 Å². The number of aliphatic hydroxyl groups excluding tert-OH is 1. The molecule has 1 aliphatic rings. The van der Waals surface area contributed by atoms with E-state index in [1.54, 1.807) is 48.5 Å². The number of aliphatic hydroxyl groups is 1. The van der Waals surface area contributed by atoms with Crippen molar-refractivity contribution in [3.63, 3.8) is 0 Å². The lowest BCUT2D eigenvalue weighted by Gasteiger charge is -2.34. The largest absolute Gasteiger partial charge is 0.495 e. The molecule has 152 valence electrons. The number of ether oxygens (including phenoxy) is 2. The van der Waals surface area contributed by atoms with Gasteiger partial charge in [0.1, 0.15) is 11.6 Å². The van der Waals surface area contributed by atoms with Crippen molar-refractivity contribution in [3.05, 3.63) is 54.1 Å². The van der Waals surface area contributed by atoms with Crippen molar-refractivity contribution >= 4 is 29.0 Å². The zero-order chi connectivity index (χ0) is 21.0. The van der Waals surface area contributed by atoms with Crippen LogP contribution >= 0.6 is 0 Å². The predicted molar refractivity (Wildman–Crippen MR) is 107 cm³/mol. The molecule has 0 spiro atoms. The van der Waals surface area contributed by atoms with Crippen LogP contribution in [0.2, 0.25) is 0 Å². The van der Waals surface area contributed by atoms with E-state index in [9.17, 15) is 14.7 Å². The van der Waals surface area contributed by atoms with Gasteiger partial charge in [0.2, 0.25) is 0 Å². The Bertz CT molecular complexity index is 915. The Morgan fingerprint density at radius 2 is 2.00 bits per heavy atom. The van der Waals surface area contributed by atoms with Gasteiger partial charge in [0.05, 0.1) is 19.4 Å². The third-order valence-corrected chi connectivity index (χ3v) is 4.52. The number of rotatable bonds is 6. The number of nitrogens with zero attached hydrogens (tertiary/aromatic N) is 1.